The van der Waals surface area contributed by atoms with Crippen molar-refractivity contribution in [3.05, 3.63) is 60.3 Å². The number of likely N-dealkylation sites (tertiary alicyclic amines) is 1. The molecule has 0 saturated carbocycles. The predicted molar refractivity (Wildman–Crippen MR) is 99.3 cm³/mol. The molecule has 25 heavy (non-hydrogen) atoms. The molecule has 1 fully saturated rings. The average Bonchev–Trinajstić information content (AvgIpc) is 2.67. The third-order valence-corrected chi connectivity index (χ3v) is 4.90. The number of carbonyl (C=O) groups excluding carboxylic acids is 1. The summed E-state index contributed by atoms with van der Waals surface area (Å²) in [6.45, 7) is 2.93. The zero-order valence-corrected chi connectivity index (χ0v) is 14.4. The van der Waals surface area contributed by atoms with E-state index >= 15 is 0 Å². The first-order chi connectivity index (χ1) is 12.2. The molecule has 126 valence electrons. The molecule has 4 nitrogen and oxygen atoms in total. The van der Waals surface area contributed by atoms with Crippen molar-refractivity contribution < 1.29 is 4.79 Å². The largest absolute Gasteiger partial charge is 0.335 e. The second-order valence-electron chi connectivity index (χ2n) is 6.62. The summed E-state index contributed by atoms with van der Waals surface area (Å²) in [5, 5.41) is 0.824. The van der Waals surface area contributed by atoms with E-state index in [9.17, 15) is 4.79 Å². The topological polar surface area (TPSA) is 46.1 Å². The second kappa shape index (κ2) is 6.63. The lowest BCUT2D eigenvalue weighted by Crippen LogP contribution is -2.42. The Hall–Kier alpha value is -2.75. The van der Waals surface area contributed by atoms with E-state index in [1.54, 1.807) is 0 Å². The van der Waals surface area contributed by atoms with E-state index in [1.807, 2.05) is 59.5 Å². The fourth-order valence-corrected chi connectivity index (χ4v) is 3.49. The summed E-state index contributed by atoms with van der Waals surface area (Å²) in [6, 6.07) is 17.9. The summed E-state index contributed by atoms with van der Waals surface area (Å²) in [6.07, 6.45) is 3.30. The van der Waals surface area contributed by atoms with Crippen molar-refractivity contribution in [1.82, 2.24) is 14.9 Å². The molecule has 4 heteroatoms. The number of hydrogen-bond donors (Lipinski definition) is 0. The van der Waals surface area contributed by atoms with Gasteiger partial charge in [0.2, 0.25) is 0 Å². The zero-order chi connectivity index (χ0) is 17.2. The standard InChI is InChI=1S/C21H21N3O/c1-15-9-7-8-14-24(15)21(25)19-17-12-5-6-13-18(17)22-20(23-19)16-10-3-2-4-11-16/h2-6,10-13,15H,7-9,14H2,1H3. The molecule has 0 N–H and O–H groups in total. The number of amides is 1. The van der Waals surface area contributed by atoms with Gasteiger partial charge in [-0.05, 0) is 32.3 Å². The lowest BCUT2D eigenvalue weighted by Gasteiger charge is -2.33. The SMILES string of the molecule is CC1CCCCN1C(=O)c1nc(-c2ccccc2)nc2ccccc12. The van der Waals surface area contributed by atoms with Crippen LogP contribution in [0, 0.1) is 0 Å². The maximum atomic E-state index is 13.2. The monoisotopic (exact) mass is 331 g/mol. The smallest absolute Gasteiger partial charge is 0.273 e. The first-order valence-electron chi connectivity index (χ1n) is 8.87. The summed E-state index contributed by atoms with van der Waals surface area (Å²) in [5.74, 6) is 0.621. The normalized spacial score (nSPS) is 17.6. The van der Waals surface area contributed by atoms with E-state index in [0.29, 0.717) is 11.5 Å². The Kier molecular flexibility index (Phi) is 4.18. The molecule has 1 atom stereocenters. The van der Waals surface area contributed by atoms with Gasteiger partial charge >= 0.3 is 0 Å². The van der Waals surface area contributed by atoms with Crippen LogP contribution >= 0.6 is 0 Å². The lowest BCUT2D eigenvalue weighted by molar-refractivity contribution is 0.0632. The molecular weight excluding hydrogens is 310 g/mol. The number of piperidine rings is 1. The van der Waals surface area contributed by atoms with Gasteiger partial charge in [-0.15, -0.1) is 0 Å². The fraction of sp³-hybridized carbons (Fsp3) is 0.286. The third-order valence-electron chi connectivity index (χ3n) is 4.90. The van der Waals surface area contributed by atoms with Gasteiger partial charge in [-0.1, -0.05) is 48.5 Å². The summed E-state index contributed by atoms with van der Waals surface area (Å²) < 4.78 is 0. The van der Waals surface area contributed by atoms with E-state index in [-0.39, 0.29) is 11.9 Å². The van der Waals surface area contributed by atoms with Gasteiger partial charge in [0.15, 0.2) is 5.82 Å². The van der Waals surface area contributed by atoms with Crippen LogP contribution in [0.25, 0.3) is 22.3 Å². The van der Waals surface area contributed by atoms with Crippen LogP contribution in [0.1, 0.15) is 36.7 Å². The Morgan fingerprint density at radius 3 is 2.56 bits per heavy atom. The van der Waals surface area contributed by atoms with Gasteiger partial charge in [0, 0.05) is 23.5 Å². The van der Waals surface area contributed by atoms with Crippen LogP contribution in [0.4, 0.5) is 0 Å². The lowest BCUT2D eigenvalue weighted by atomic mass is 10.0. The number of benzene rings is 2. The van der Waals surface area contributed by atoms with Crippen LogP contribution in [0.3, 0.4) is 0 Å². The molecule has 1 aromatic heterocycles. The zero-order valence-electron chi connectivity index (χ0n) is 14.4. The second-order valence-corrected chi connectivity index (χ2v) is 6.62. The molecule has 1 aliphatic rings. The number of fused-ring (bicyclic) bond motifs is 1. The first-order valence-corrected chi connectivity index (χ1v) is 8.87. The Morgan fingerprint density at radius 2 is 1.76 bits per heavy atom. The Bertz CT molecular complexity index is 907. The highest BCUT2D eigenvalue weighted by Gasteiger charge is 2.27. The molecule has 1 unspecified atom stereocenters. The van der Waals surface area contributed by atoms with Gasteiger partial charge in [-0.3, -0.25) is 4.79 Å². The molecular formula is C21H21N3O. The Labute approximate surface area is 147 Å². The van der Waals surface area contributed by atoms with Crippen molar-refractivity contribution in [3.8, 4) is 11.4 Å². The van der Waals surface area contributed by atoms with Gasteiger partial charge in [-0.2, -0.15) is 0 Å². The number of hydrogen-bond acceptors (Lipinski definition) is 3. The van der Waals surface area contributed by atoms with Crippen molar-refractivity contribution in [2.24, 2.45) is 0 Å². The molecule has 3 aromatic rings. The maximum Gasteiger partial charge on any atom is 0.273 e. The highest BCUT2D eigenvalue weighted by molar-refractivity contribution is 6.05. The van der Waals surface area contributed by atoms with E-state index in [2.05, 4.69) is 16.9 Å². The van der Waals surface area contributed by atoms with Crippen molar-refractivity contribution in [1.29, 1.82) is 0 Å². The van der Waals surface area contributed by atoms with Gasteiger partial charge in [0.25, 0.3) is 5.91 Å². The first kappa shape index (κ1) is 15.8. The average molecular weight is 331 g/mol. The van der Waals surface area contributed by atoms with Crippen LogP contribution in [0.5, 0.6) is 0 Å². The van der Waals surface area contributed by atoms with Crippen LogP contribution in [0.15, 0.2) is 54.6 Å². The van der Waals surface area contributed by atoms with Crippen molar-refractivity contribution in [2.45, 2.75) is 32.2 Å². The predicted octanol–water partition coefficient (Wildman–Crippen LogP) is 4.31. The van der Waals surface area contributed by atoms with Crippen LogP contribution < -0.4 is 0 Å². The minimum Gasteiger partial charge on any atom is -0.335 e. The van der Waals surface area contributed by atoms with Gasteiger partial charge in [-0.25, -0.2) is 9.97 Å². The van der Waals surface area contributed by atoms with Crippen LogP contribution in [0.2, 0.25) is 0 Å². The summed E-state index contributed by atoms with van der Waals surface area (Å²) >= 11 is 0. The highest BCUT2D eigenvalue weighted by Crippen LogP contribution is 2.25. The fourth-order valence-electron chi connectivity index (χ4n) is 3.49. The van der Waals surface area contributed by atoms with Crippen LogP contribution in [-0.2, 0) is 0 Å². The van der Waals surface area contributed by atoms with Crippen molar-refractivity contribution in [2.75, 3.05) is 6.54 Å². The van der Waals surface area contributed by atoms with Crippen molar-refractivity contribution in [3.63, 3.8) is 0 Å². The highest BCUT2D eigenvalue weighted by atomic mass is 16.2. The Balaban J connectivity index is 1.85. The molecule has 1 aliphatic heterocycles. The van der Waals surface area contributed by atoms with E-state index in [1.165, 1.54) is 6.42 Å². The van der Waals surface area contributed by atoms with E-state index in [0.717, 1.165) is 35.9 Å². The third kappa shape index (κ3) is 3.00. The summed E-state index contributed by atoms with van der Waals surface area (Å²) in [7, 11) is 0. The van der Waals surface area contributed by atoms with Gasteiger partial charge < -0.3 is 4.90 Å². The molecule has 0 bridgehead atoms. The molecule has 1 amide bonds. The van der Waals surface area contributed by atoms with Crippen molar-refractivity contribution >= 4 is 16.8 Å². The van der Waals surface area contributed by atoms with Crippen LogP contribution in [-0.4, -0.2) is 33.4 Å². The molecule has 1 saturated heterocycles. The van der Waals surface area contributed by atoms with E-state index in [4.69, 9.17) is 0 Å². The number of aromatic nitrogens is 2. The maximum absolute atomic E-state index is 13.2. The number of rotatable bonds is 2. The van der Waals surface area contributed by atoms with Gasteiger partial charge in [0.1, 0.15) is 5.69 Å². The summed E-state index contributed by atoms with van der Waals surface area (Å²) in [4.78, 5) is 24.6. The molecule has 0 spiro atoms. The molecule has 0 aliphatic carbocycles. The van der Waals surface area contributed by atoms with Gasteiger partial charge in [0.05, 0.1) is 5.52 Å². The quantitative estimate of drug-likeness (QED) is 0.703. The molecule has 2 heterocycles. The number of carbonyl (C=O) groups is 1. The minimum atomic E-state index is 0.0166. The molecule has 2 aromatic carbocycles. The number of nitrogens with zero attached hydrogens (tertiary/aromatic N) is 3. The Morgan fingerprint density at radius 1 is 1.00 bits per heavy atom. The minimum absolute atomic E-state index is 0.0166. The molecule has 0 radical (unpaired) electrons. The van der Waals surface area contributed by atoms with E-state index < -0.39 is 0 Å². The summed E-state index contributed by atoms with van der Waals surface area (Å²) in [5.41, 5.74) is 2.25. The number of para-hydroxylation sites is 1. The molecule has 4 rings (SSSR count).